The Kier molecular flexibility index (Phi) is 4.14. The zero-order chi connectivity index (χ0) is 11.5. The summed E-state index contributed by atoms with van der Waals surface area (Å²) in [5.41, 5.74) is 6.09. The Morgan fingerprint density at radius 2 is 2.20 bits per heavy atom. The van der Waals surface area contributed by atoms with Crippen molar-refractivity contribution in [3.63, 3.8) is 0 Å². The van der Waals surface area contributed by atoms with Gasteiger partial charge in [0.05, 0.1) is 0 Å². The number of hydrogen-bond acceptors (Lipinski definition) is 2. The maximum Gasteiger partial charge on any atom is 0.222 e. The van der Waals surface area contributed by atoms with Crippen molar-refractivity contribution < 1.29 is 4.79 Å². The Bertz CT molecular complexity index is 228. The maximum absolute atomic E-state index is 11.9. The molecule has 0 aromatic heterocycles. The van der Waals surface area contributed by atoms with Gasteiger partial charge >= 0.3 is 0 Å². The van der Waals surface area contributed by atoms with Crippen molar-refractivity contribution in [1.82, 2.24) is 4.90 Å². The number of hydrogen-bond donors (Lipinski definition) is 1. The van der Waals surface area contributed by atoms with Crippen LogP contribution < -0.4 is 5.73 Å². The number of carbonyl (C=O) groups is 1. The molecule has 0 saturated carbocycles. The molecule has 1 atom stereocenters. The fourth-order valence-electron chi connectivity index (χ4n) is 2.14. The van der Waals surface area contributed by atoms with E-state index in [0.29, 0.717) is 12.3 Å². The lowest BCUT2D eigenvalue weighted by molar-refractivity contribution is -0.134. The van der Waals surface area contributed by atoms with Crippen LogP contribution in [0.3, 0.4) is 0 Å². The van der Waals surface area contributed by atoms with Crippen LogP contribution in [0.25, 0.3) is 0 Å². The number of likely N-dealkylation sites (tertiary alicyclic amines) is 1. The highest BCUT2D eigenvalue weighted by Gasteiger charge is 2.31. The second-order valence-corrected chi connectivity index (χ2v) is 5.23. The average Bonchev–Trinajstić information content (AvgIpc) is 2.17. The van der Waals surface area contributed by atoms with Crippen molar-refractivity contribution in [3.8, 4) is 0 Å². The topological polar surface area (TPSA) is 46.3 Å². The summed E-state index contributed by atoms with van der Waals surface area (Å²) >= 11 is 0. The van der Waals surface area contributed by atoms with Gasteiger partial charge in [0.1, 0.15) is 0 Å². The second kappa shape index (κ2) is 4.97. The fourth-order valence-corrected chi connectivity index (χ4v) is 2.14. The third-order valence-electron chi connectivity index (χ3n) is 3.25. The first kappa shape index (κ1) is 12.5. The van der Waals surface area contributed by atoms with Gasteiger partial charge in [-0.15, -0.1) is 0 Å². The highest BCUT2D eigenvalue weighted by Crippen LogP contribution is 2.22. The first-order chi connectivity index (χ1) is 6.97. The van der Waals surface area contributed by atoms with Crippen LogP contribution in [0.1, 0.15) is 46.5 Å². The van der Waals surface area contributed by atoms with Gasteiger partial charge in [-0.25, -0.2) is 0 Å². The minimum atomic E-state index is -0.134. The van der Waals surface area contributed by atoms with Crippen molar-refractivity contribution in [2.24, 2.45) is 11.7 Å². The van der Waals surface area contributed by atoms with E-state index in [4.69, 9.17) is 5.73 Å². The summed E-state index contributed by atoms with van der Waals surface area (Å²) < 4.78 is 0. The normalized spacial score (nSPS) is 27.1. The summed E-state index contributed by atoms with van der Waals surface area (Å²) in [6.45, 7) is 7.91. The van der Waals surface area contributed by atoms with E-state index in [1.165, 1.54) is 0 Å². The van der Waals surface area contributed by atoms with E-state index in [-0.39, 0.29) is 11.4 Å². The minimum absolute atomic E-state index is 0.134. The van der Waals surface area contributed by atoms with Crippen LogP contribution in [0, 0.1) is 5.92 Å². The Morgan fingerprint density at radius 1 is 1.53 bits per heavy atom. The molecule has 0 aromatic carbocycles. The molecule has 1 heterocycles. The number of piperidine rings is 1. The van der Waals surface area contributed by atoms with Gasteiger partial charge < -0.3 is 10.6 Å². The summed E-state index contributed by atoms with van der Waals surface area (Å²) in [5, 5.41) is 0. The minimum Gasteiger partial charge on any atom is -0.341 e. The van der Waals surface area contributed by atoms with Crippen LogP contribution in [0.4, 0.5) is 0 Å². The Hall–Kier alpha value is -0.570. The van der Waals surface area contributed by atoms with Crippen molar-refractivity contribution >= 4 is 5.91 Å². The van der Waals surface area contributed by atoms with Crippen molar-refractivity contribution in [3.05, 3.63) is 0 Å². The van der Waals surface area contributed by atoms with Gasteiger partial charge in [-0.3, -0.25) is 4.79 Å². The monoisotopic (exact) mass is 212 g/mol. The summed E-state index contributed by atoms with van der Waals surface area (Å²) in [5.74, 6) is 0.709. The van der Waals surface area contributed by atoms with Crippen LogP contribution in [0.15, 0.2) is 0 Å². The molecule has 3 nitrogen and oxygen atoms in total. The highest BCUT2D eigenvalue weighted by molar-refractivity contribution is 5.76. The molecule has 1 fully saturated rings. The van der Waals surface area contributed by atoms with E-state index < -0.39 is 0 Å². The number of rotatable bonds is 3. The van der Waals surface area contributed by atoms with Gasteiger partial charge in [0.15, 0.2) is 0 Å². The lowest BCUT2D eigenvalue weighted by Gasteiger charge is -2.40. The highest BCUT2D eigenvalue weighted by atomic mass is 16.2. The van der Waals surface area contributed by atoms with E-state index in [0.717, 1.165) is 32.4 Å². The fraction of sp³-hybridized carbons (Fsp3) is 0.917. The zero-order valence-electron chi connectivity index (χ0n) is 10.3. The molecule has 1 aliphatic rings. The summed E-state index contributed by atoms with van der Waals surface area (Å²) in [7, 11) is 0. The lowest BCUT2D eigenvalue weighted by Crippen LogP contribution is -2.55. The lowest BCUT2D eigenvalue weighted by atomic mass is 9.87. The SMILES string of the molecule is CCC1(N)CCCN(C(=O)CC(C)C)C1. The summed E-state index contributed by atoms with van der Waals surface area (Å²) in [6, 6.07) is 0. The standard InChI is InChI=1S/C12H24N2O/c1-4-12(13)6-5-7-14(9-12)11(15)8-10(2)3/h10H,4-9,13H2,1-3H3. The third-order valence-corrected chi connectivity index (χ3v) is 3.25. The molecule has 0 bridgehead atoms. The maximum atomic E-state index is 11.9. The smallest absolute Gasteiger partial charge is 0.222 e. The molecule has 1 rings (SSSR count). The van der Waals surface area contributed by atoms with Crippen LogP contribution in [-0.2, 0) is 4.79 Å². The van der Waals surface area contributed by atoms with E-state index in [9.17, 15) is 4.79 Å². The Morgan fingerprint density at radius 3 is 2.73 bits per heavy atom. The van der Waals surface area contributed by atoms with E-state index >= 15 is 0 Å². The molecule has 2 N–H and O–H groups in total. The predicted molar refractivity (Wildman–Crippen MR) is 62.5 cm³/mol. The molecule has 0 aliphatic carbocycles. The molecule has 0 aromatic rings. The van der Waals surface area contributed by atoms with Crippen LogP contribution >= 0.6 is 0 Å². The van der Waals surface area contributed by atoms with Crippen LogP contribution in [0.2, 0.25) is 0 Å². The second-order valence-electron chi connectivity index (χ2n) is 5.23. The van der Waals surface area contributed by atoms with E-state index in [1.807, 2.05) is 4.90 Å². The van der Waals surface area contributed by atoms with Gasteiger partial charge in [0.2, 0.25) is 5.91 Å². The van der Waals surface area contributed by atoms with Crippen molar-refractivity contribution in [2.45, 2.75) is 52.0 Å². The van der Waals surface area contributed by atoms with Gasteiger partial charge in [0, 0.05) is 25.0 Å². The van der Waals surface area contributed by atoms with Gasteiger partial charge in [-0.05, 0) is 25.2 Å². The molecular formula is C12H24N2O. The van der Waals surface area contributed by atoms with E-state index in [2.05, 4.69) is 20.8 Å². The molecule has 3 heteroatoms. The summed E-state index contributed by atoms with van der Waals surface area (Å²) in [4.78, 5) is 13.8. The number of carbonyl (C=O) groups excluding carboxylic acids is 1. The molecule has 1 saturated heterocycles. The third kappa shape index (κ3) is 3.49. The molecule has 1 amide bonds. The van der Waals surface area contributed by atoms with E-state index in [1.54, 1.807) is 0 Å². The van der Waals surface area contributed by atoms with Gasteiger partial charge in [0.25, 0.3) is 0 Å². The zero-order valence-corrected chi connectivity index (χ0v) is 10.3. The van der Waals surface area contributed by atoms with Crippen molar-refractivity contribution in [2.75, 3.05) is 13.1 Å². The number of nitrogens with two attached hydrogens (primary N) is 1. The van der Waals surface area contributed by atoms with Gasteiger partial charge in [-0.2, -0.15) is 0 Å². The van der Waals surface area contributed by atoms with Crippen molar-refractivity contribution in [1.29, 1.82) is 0 Å². The molecule has 1 aliphatic heterocycles. The van der Waals surface area contributed by atoms with Gasteiger partial charge in [-0.1, -0.05) is 20.8 Å². The first-order valence-corrected chi connectivity index (χ1v) is 6.03. The molecule has 0 radical (unpaired) electrons. The Labute approximate surface area is 93.0 Å². The molecule has 88 valence electrons. The predicted octanol–water partition coefficient (Wildman–Crippen LogP) is 1.76. The molecule has 0 spiro atoms. The first-order valence-electron chi connectivity index (χ1n) is 6.03. The molecule has 15 heavy (non-hydrogen) atoms. The molecule has 1 unspecified atom stereocenters. The molecular weight excluding hydrogens is 188 g/mol. The quantitative estimate of drug-likeness (QED) is 0.775. The average molecular weight is 212 g/mol. The van der Waals surface area contributed by atoms with Crippen LogP contribution in [0.5, 0.6) is 0 Å². The van der Waals surface area contributed by atoms with Crippen LogP contribution in [-0.4, -0.2) is 29.4 Å². The summed E-state index contributed by atoms with van der Waals surface area (Å²) in [6.07, 6.45) is 3.71. The number of nitrogens with zero attached hydrogens (tertiary/aromatic N) is 1. The Balaban J connectivity index is 2.52. The largest absolute Gasteiger partial charge is 0.341 e. The number of amides is 1.